The molecule has 1 amide bonds. The van der Waals surface area contributed by atoms with Gasteiger partial charge in [-0.15, -0.1) is 0 Å². The standard InChI is InChI=1S/C15H15N3O2/c1-20-14-4-2-3-12(18-14)9-16-11-6-5-10-8-17-15(19)13(10)7-11/h2-7,16H,8-9H2,1H3,(H,17,19). The van der Waals surface area contributed by atoms with E-state index in [1.54, 1.807) is 7.11 Å². The van der Waals surface area contributed by atoms with Gasteiger partial charge in [-0.1, -0.05) is 12.1 Å². The summed E-state index contributed by atoms with van der Waals surface area (Å²) in [5.74, 6) is 0.584. The first kappa shape index (κ1) is 12.5. The summed E-state index contributed by atoms with van der Waals surface area (Å²) in [6, 6.07) is 11.4. The summed E-state index contributed by atoms with van der Waals surface area (Å²) in [4.78, 5) is 15.9. The van der Waals surface area contributed by atoms with Gasteiger partial charge in [-0.25, -0.2) is 4.98 Å². The van der Waals surface area contributed by atoms with Gasteiger partial charge in [0, 0.05) is 23.9 Å². The minimum atomic E-state index is -0.0110. The van der Waals surface area contributed by atoms with Gasteiger partial charge < -0.3 is 15.4 Å². The van der Waals surface area contributed by atoms with Crippen molar-refractivity contribution in [3.8, 4) is 5.88 Å². The van der Waals surface area contributed by atoms with E-state index in [1.807, 2.05) is 36.4 Å². The minimum absolute atomic E-state index is 0.0110. The van der Waals surface area contributed by atoms with E-state index in [0.717, 1.165) is 22.5 Å². The van der Waals surface area contributed by atoms with Crippen molar-refractivity contribution in [2.24, 2.45) is 0 Å². The lowest BCUT2D eigenvalue weighted by Gasteiger charge is -2.08. The molecule has 0 bridgehead atoms. The van der Waals surface area contributed by atoms with Crippen LogP contribution in [0, 0.1) is 0 Å². The Labute approximate surface area is 117 Å². The second-order valence-electron chi connectivity index (χ2n) is 4.58. The third kappa shape index (κ3) is 2.42. The number of aromatic nitrogens is 1. The maximum atomic E-state index is 11.6. The zero-order valence-corrected chi connectivity index (χ0v) is 11.1. The van der Waals surface area contributed by atoms with Crippen molar-refractivity contribution in [1.29, 1.82) is 0 Å². The van der Waals surface area contributed by atoms with Gasteiger partial charge in [0.15, 0.2) is 0 Å². The Morgan fingerprint density at radius 2 is 2.25 bits per heavy atom. The van der Waals surface area contributed by atoms with Gasteiger partial charge in [0.1, 0.15) is 0 Å². The lowest BCUT2D eigenvalue weighted by atomic mass is 10.1. The Morgan fingerprint density at radius 1 is 1.35 bits per heavy atom. The molecule has 5 nitrogen and oxygen atoms in total. The van der Waals surface area contributed by atoms with E-state index in [1.165, 1.54) is 0 Å². The van der Waals surface area contributed by atoms with E-state index in [-0.39, 0.29) is 5.91 Å². The van der Waals surface area contributed by atoms with Crippen LogP contribution in [0.5, 0.6) is 5.88 Å². The average Bonchev–Trinajstić information content (AvgIpc) is 2.86. The third-order valence-corrected chi connectivity index (χ3v) is 3.26. The van der Waals surface area contributed by atoms with E-state index in [9.17, 15) is 4.79 Å². The second kappa shape index (κ2) is 5.21. The van der Waals surface area contributed by atoms with Crippen molar-refractivity contribution < 1.29 is 9.53 Å². The molecule has 0 unspecified atom stereocenters. The fraction of sp³-hybridized carbons (Fsp3) is 0.200. The first-order valence-corrected chi connectivity index (χ1v) is 6.41. The van der Waals surface area contributed by atoms with Gasteiger partial charge >= 0.3 is 0 Å². The van der Waals surface area contributed by atoms with E-state index in [2.05, 4.69) is 15.6 Å². The van der Waals surface area contributed by atoms with Gasteiger partial charge in [-0.05, 0) is 23.8 Å². The predicted octanol–water partition coefficient (Wildman–Crippen LogP) is 1.95. The number of ether oxygens (including phenoxy) is 1. The molecular formula is C15H15N3O2. The predicted molar refractivity (Wildman–Crippen MR) is 75.7 cm³/mol. The number of benzene rings is 1. The topological polar surface area (TPSA) is 63.2 Å². The molecule has 1 aliphatic heterocycles. The normalized spacial score (nSPS) is 12.8. The lowest BCUT2D eigenvalue weighted by Crippen LogP contribution is -2.12. The number of fused-ring (bicyclic) bond motifs is 1. The molecule has 102 valence electrons. The summed E-state index contributed by atoms with van der Waals surface area (Å²) >= 11 is 0. The van der Waals surface area contributed by atoms with E-state index >= 15 is 0 Å². The fourth-order valence-corrected chi connectivity index (χ4v) is 2.19. The maximum Gasteiger partial charge on any atom is 0.251 e. The van der Waals surface area contributed by atoms with E-state index in [4.69, 9.17) is 4.74 Å². The maximum absolute atomic E-state index is 11.6. The number of nitrogens with zero attached hydrogens (tertiary/aromatic N) is 1. The van der Waals surface area contributed by atoms with Crippen LogP contribution in [0.15, 0.2) is 36.4 Å². The number of hydrogen-bond donors (Lipinski definition) is 2. The highest BCUT2D eigenvalue weighted by Gasteiger charge is 2.18. The lowest BCUT2D eigenvalue weighted by molar-refractivity contribution is 0.0966. The minimum Gasteiger partial charge on any atom is -0.481 e. The monoisotopic (exact) mass is 269 g/mol. The summed E-state index contributed by atoms with van der Waals surface area (Å²) in [7, 11) is 1.60. The molecule has 2 aromatic rings. The van der Waals surface area contributed by atoms with Gasteiger partial charge in [0.25, 0.3) is 5.91 Å². The Bertz CT molecular complexity index is 655. The molecule has 0 fully saturated rings. The van der Waals surface area contributed by atoms with Crippen molar-refractivity contribution in [1.82, 2.24) is 10.3 Å². The smallest absolute Gasteiger partial charge is 0.251 e. The third-order valence-electron chi connectivity index (χ3n) is 3.26. The number of carbonyl (C=O) groups excluding carboxylic acids is 1. The van der Waals surface area contributed by atoms with Gasteiger partial charge in [-0.2, -0.15) is 0 Å². The van der Waals surface area contributed by atoms with Crippen LogP contribution in [0.1, 0.15) is 21.6 Å². The first-order valence-electron chi connectivity index (χ1n) is 6.41. The van der Waals surface area contributed by atoms with Crippen LogP contribution in [0.3, 0.4) is 0 Å². The Balaban J connectivity index is 1.72. The Hall–Kier alpha value is -2.56. The fourth-order valence-electron chi connectivity index (χ4n) is 2.19. The number of rotatable bonds is 4. The molecule has 1 aromatic heterocycles. The molecule has 0 spiro atoms. The quantitative estimate of drug-likeness (QED) is 0.890. The van der Waals surface area contributed by atoms with Crippen LogP contribution >= 0.6 is 0 Å². The van der Waals surface area contributed by atoms with Crippen molar-refractivity contribution in [3.63, 3.8) is 0 Å². The molecule has 0 saturated carbocycles. The molecule has 0 atom stereocenters. The number of hydrogen-bond acceptors (Lipinski definition) is 4. The molecular weight excluding hydrogens is 254 g/mol. The molecule has 2 N–H and O–H groups in total. The summed E-state index contributed by atoms with van der Waals surface area (Å²) in [5, 5.41) is 6.07. The number of amides is 1. The summed E-state index contributed by atoms with van der Waals surface area (Å²) in [6.07, 6.45) is 0. The van der Waals surface area contributed by atoms with Crippen molar-refractivity contribution in [2.45, 2.75) is 13.1 Å². The number of anilines is 1. The van der Waals surface area contributed by atoms with E-state index in [0.29, 0.717) is 19.0 Å². The molecule has 20 heavy (non-hydrogen) atoms. The Kier molecular flexibility index (Phi) is 3.25. The summed E-state index contributed by atoms with van der Waals surface area (Å²) in [6.45, 7) is 1.20. The average molecular weight is 269 g/mol. The Morgan fingerprint density at radius 3 is 3.10 bits per heavy atom. The first-order chi connectivity index (χ1) is 9.76. The van der Waals surface area contributed by atoms with E-state index < -0.39 is 0 Å². The van der Waals surface area contributed by atoms with Crippen LogP contribution in [0.2, 0.25) is 0 Å². The van der Waals surface area contributed by atoms with Crippen LogP contribution in [-0.2, 0) is 13.1 Å². The highest BCUT2D eigenvalue weighted by Crippen LogP contribution is 2.20. The van der Waals surface area contributed by atoms with Crippen LogP contribution in [-0.4, -0.2) is 18.0 Å². The molecule has 5 heteroatoms. The molecule has 1 aromatic carbocycles. The highest BCUT2D eigenvalue weighted by atomic mass is 16.5. The van der Waals surface area contributed by atoms with Crippen LogP contribution in [0.4, 0.5) is 5.69 Å². The zero-order valence-electron chi connectivity index (χ0n) is 11.1. The molecule has 3 rings (SSSR count). The molecule has 0 saturated heterocycles. The van der Waals surface area contributed by atoms with Crippen LogP contribution in [0.25, 0.3) is 0 Å². The van der Waals surface area contributed by atoms with Crippen molar-refractivity contribution in [2.75, 3.05) is 12.4 Å². The molecule has 2 heterocycles. The number of methoxy groups -OCH3 is 1. The number of pyridine rings is 1. The van der Waals surface area contributed by atoms with Crippen molar-refractivity contribution >= 4 is 11.6 Å². The summed E-state index contributed by atoms with van der Waals surface area (Å²) < 4.78 is 5.09. The molecule has 0 aliphatic carbocycles. The highest BCUT2D eigenvalue weighted by molar-refractivity contribution is 5.99. The van der Waals surface area contributed by atoms with Gasteiger partial charge in [-0.3, -0.25) is 4.79 Å². The zero-order chi connectivity index (χ0) is 13.9. The number of carbonyl (C=O) groups is 1. The van der Waals surface area contributed by atoms with Crippen LogP contribution < -0.4 is 15.4 Å². The molecule has 1 aliphatic rings. The second-order valence-corrected chi connectivity index (χ2v) is 4.58. The van der Waals surface area contributed by atoms with Gasteiger partial charge in [0.05, 0.1) is 19.3 Å². The van der Waals surface area contributed by atoms with Gasteiger partial charge in [0.2, 0.25) is 5.88 Å². The summed E-state index contributed by atoms with van der Waals surface area (Å²) in [5.41, 5.74) is 3.58. The SMILES string of the molecule is COc1cccc(CNc2ccc3c(c2)C(=O)NC3)n1. The number of nitrogens with one attached hydrogen (secondary N) is 2. The van der Waals surface area contributed by atoms with Crippen molar-refractivity contribution in [3.05, 3.63) is 53.2 Å². The molecule has 0 radical (unpaired) electrons. The largest absolute Gasteiger partial charge is 0.481 e.